The van der Waals surface area contributed by atoms with Crippen molar-refractivity contribution in [2.75, 3.05) is 4.90 Å². The molecule has 8 nitrogen and oxygen atoms in total. The molecular formula is C17H12F3N7OS. The van der Waals surface area contributed by atoms with Gasteiger partial charge in [-0.2, -0.15) is 23.3 Å². The van der Waals surface area contributed by atoms with E-state index >= 15 is 0 Å². The molecule has 148 valence electrons. The van der Waals surface area contributed by atoms with Crippen LogP contribution in [0.25, 0.3) is 10.7 Å². The molecular weight excluding hydrogens is 407 g/mol. The first-order chi connectivity index (χ1) is 13.9. The summed E-state index contributed by atoms with van der Waals surface area (Å²) in [7, 11) is 0. The summed E-state index contributed by atoms with van der Waals surface area (Å²) in [4.78, 5) is 14.9. The molecule has 12 heteroatoms. The zero-order chi connectivity index (χ0) is 20.4. The van der Waals surface area contributed by atoms with Crippen LogP contribution in [0.1, 0.15) is 16.3 Å². The fraction of sp³-hybridized carbons (Fsp3) is 0.176. The van der Waals surface area contributed by atoms with E-state index < -0.39 is 12.1 Å². The van der Waals surface area contributed by atoms with Gasteiger partial charge in [-0.25, -0.2) is 4.98 Å². The molecule has 4 heterocycles. The maximum absolute atomic E-state index is 12.7. The smallest absolute Gasteiger partial charge is 0.329 e. The zero-order valence-corrected chi connectivity index (χ0v) is 15.6. The summed E-state index contributed by atoms with van der Waals surface area (Å²) in [5.74, 6) is -0.366. The lowest BCUT2D eigenvalue weighted by Gasteiger charge is -2.21. The van der Waals surface area contributed by atoms with Crippen molar-refractivity contribution in [3.63, 3.8) is 0 Å². The molecule has 0 spiro atoms. The van der Waals surface area contributed by atoms with Crippen molar-refractivity contribution in [2.24, 2.45) is 0 Å². The van der Waals surface area contributed by atoms with Crippen molar-refractivity contribution in [1.82, 2.24) is 30.3 Å². The first kappa shape index (κ1) is 18.9. The molecule has 4 rings (SSSR count). The van der Waals surface area contributed by atoms with E-state index in [0.717, 1.165) is 10.4 Å². The lowest BCUT2D eigenvalue weighted by molar-refractivity contribution is -0.159. The number of aryl methyl sites for hydroxylation is 1. The van der Waals surface area contributed by atoms with Gasteiger partial charge in [0.05, 0.1) is 23.8 Å². The molecule has 0 fully saturated rings. The maximum Gasteiger partial charge on any atom is 0.471 e. The van der Waals surface area contributed by atoms with E-state index in [-0.39, 0.29) is 5.82 Å². The third-order valence-corrected chi connectivity index (χ3v) is 4.81. The SMILES string of the molecule is Cc1cnnc(N(Cc2ccc(-c3noc(C(F)(F)F)n3)s2)c2cnccn2)c1. The third kappa shape index (κ3) is 4.21. The second-order valence-corrected chi connectivity index (χ2v) is 7.10. The highest BCUT2D eigenvalue weighted by Crippen LogP contribution is 2.33. The van der Waals surface area contributed by atoms with E-state index in [4.69, 9.17) is 0 Å². The minimum absolute atomic E-state index is 0.116. The lowest BCUT2D eigenvalue weighted by atomic mass is 10.3. The van der Waals surface area contributed by atoms with Crippen LogP contribution in [0.5, 0.6) is 0 Å². The Bertz CT molecular complexity index is 1110. The van der Waals surface area contributed by atoms with Gasteiger partial charge in [-0.1, -0.05) is 5.16 Å². The Kier molecular flexibility index (Phi) is 4.92. The van der Waals surface area contributed by atoms with Crippen LogP contribution in [0.2, 0.25) is 0 Å². The van der Waals surface area contributed by atoms with Crippen molar-refractivity contribution in [1.29, 1.82) is 0 Å². The number of thiophene rings is 1. The molecule has 0 aliphatic heterocycles. The molecule has 4 aromatic rings. The predicted molar refractivity (Wildman–Crippen MR) is 97.3 cm³/mol. The topological polar surface area (TPSA) is 93.7 Å². The summed E-state index contributed by atoms with van der Waals surface area (Å²) < 4.78 is 42.3. The molecule has 0 saturated heterocycles. The summed E-state index contributed by atoms with van der Waals surface area (Å²) in [6.07, 6.45) is 1.66. The van der Waals surface area contributed by atoms with Crippen LogP contribution >= 0.6 is 11.3 Å². The number of rotatable bonds is 5. The van der Waals surface area contributed by atoms with Gasteiger partial charge < -0.3 is 9.42 Å². The standard InChI is InChI=1S/C17H12F3N7OS/c1-10-6-13(25-23-7-10)27(14-8-21-4-5-22-14)9-11-2-3-12(29-11)15-24-16(28-26-15)17(18,19)20/h2-8H,9H2,1H3. The van der Waals surface area contributed by atoms with Gasteiger partial charge in [-0.05, 0) is 30.7 Å². The molecule has 29 heavy (non-hydrogen) atoms. The highest BCUT2D eigenvalue weighted by molar-refractivity contribution is 7.15. The molecule has 0 aliphatic rings. The van der Waals surface area contributed by atoms with Crippen LogP contribution in [-0.2, 0) is 12.7 Å². The lowest BCUT2D eigenvalue weighted by Crippen LogP contribution is -2.19. The van der Waals surface area contributed by atoms with Crippen LogP contribution in [-0.4, -0.2) is 30.3 Å². The quantitative estimate of drug-likeness (QED) is 0.478. The van der Waals surface area contributed by atoms with E-state index in [1.807, 2.05) is 13.0 Å². The second kappa shape index (κ2) is 7.54. The number of hydrogen-bond acceptors (Lipinski definition) is 9. The van der Waals surface area contributed by atoms with Crippen molar-refractivity contribution in [3.05, 3.63) is 59.3 Å². The molecule has 0 radical (unpaired) electrons. The molecule has 0 aromatic carbocycles. The summed E-state index contributed by atoms with van der Waals surface area (Å²) >= 11 is 1.24. The Morgan fingerprint density at radius 3 is 2.69 bits per heavy atom. The van der Waals surface area contributed by atoms with Gasteiger partial charge in [0.25, 0.3) is 0 Å². The Morgan fingerprint density at radius 2 is 2.00 bits per heavy atom. The van der Waals surface area contributed by atoms with Gasteiger partial charge in [0.15, 0.2) is 11.6 Å². The predicted octanol–water partition coefficient (Wildman–Crippen LogP) is 4.04. The number of halogens is 3. The number of alkyl halides is 3. The van der Waals surface area contributed by atoms with Gasteiger partial charge >= 0.3 is 12.1 Å². The number of hydrogen-bond donors (Lipinski definition) is 0. The first-order valence-electron chi connectivity index (χ1n) is 8.23. The minimum Gasteiger partial charge on any atom is -0.329 e. The van der Waals surface area contributed by atoms with E-state index in [0.29, 0.717) is 23.1 Å². The largest absolute Gasteiger partial charge is 0.471 e. The van der Waals surface area contributed by atoms with Crippen molar-refractivity contribution < 1.29 is 17.7 Å². The first-order valence-corrected chi connectivity index (χ1v) is 9.04. The van der Waals surface area contributed by atoms with Crippen LogP contribution in [0.4, 0.5) is 24.8 Å². The van der Waals surface area contributed by atoms with Crippen molar-refractivity contribution in [2.45, 2.75) is 19.6 Å². The summed E-state index contributed by atoms with van der Waals surface area (Å²) in [5, 5.41) is 11.6. The van der Waals surface area contributed by atoms with Crippen LogP contribution < -0.4 is 4.90 Å². The monoisotopic (exact) mass is 419 g/mol. The third-order valence-electron chi connectivity index (χ3n) is 3.75. The van der Waals surface area contributed by atoms with Gasteiger partial charge in [0.2, 0.25) is 5.82 Å². The summed E-state index contributed by atoms with van der Waals surface area (Å²) in [6, 6.07) is 5.27. The van der Waals surface area contributed by atoms with E-state index in [9.17, 15) is 13.2 Å². The molecule has 4 aromatic heterocycles. The molecule has 0 aliphatic carbocycles. The van der Waals surface area contributed by atoms with E-state index in [1.54, 1.807) is 41.8 Å². The molecule has 0 saturated carbocycles. The fourth-order valence-electron chi connectivity index (χ4n) is 2.47. The van der Waals surface area contributed by atoms with Gasteiger partial charge in [-0.15, -0.1) is 16.4 Å². The Hall–Kier alpha value is -3.41. The average molecular weight is 419 g/mol. The van der Waals surface area contributed by atoms with Crippen molar-refractivity contribution >= 4 is 23.0 Å². The second-order valence-electron chi connectivity index (χ2n) is 5.93. The number of anilines is 2. The summed E-state index contributed by atoms with van der Waals surface area (Å²) in [6.45, 7) is 2.25. The Labute approximate surface area is 166 Å². The Balaban J connectivity index is 1.63. The molecule has 0 bridgehead atoms. The normalized spacial score (nSPS) is 11.6. The Morgan fingerprint density at radius 1 is 1.14 bits per heavy atom. The van der Waals surface area contributed by atoms with E-state index in [1.165, 1.54) is 11.3 Å². The molecule has 0 unspecified atom stereocenters. The van der Waals surface area contributed by atoms with Gasteiger partial charge in [-0.3, -0.25) is 4.98 Å². The molecule has 0 amide bonds. The van der Waals surface area contributed by atoms with Gasteiger partial charge in [0, 0.05) is 17.3 Å². The van der Waals surface area contributed by atoms with Crippen molar-refractivity contribution in [3.8, 4) is 10.7 Å². The average Bonchev–Trinajstić information content (AvgIpc) is 3.36. The maximum atomic E-state index is 12.7. The number of aromatic nitrogens is 6. The van der Waals surface area contributed by atoms with Crippen LogP contribution in [0.15, 0.2) is 47.5 Å². The molecule has 0 N–H and O–H groups in total. The van der Waals surface area contributed by atoms with Crippen LogP contribution in [0, 0.1) is 6.92 Å². The minimum atomic E-state index is -4.68. The number of nitrogens with zero attached hydrogens (tertiary/aromatic N) is 7. The zero-order valence-electron chi connectivity index (χ0n) is 14.8. The van der Waals surface area contributed by atoms with E-state index in [2.05, 4.69) is 34.8 Å². The van der Waals surface area contributed by atoms with Crippen LogP contribution in [0.3, 0.4) is 0 Å². The highest BCUT2D eigenvalue weighted by atomic mass is 32.1. The highest BCUT2D eigenvalue weighted by Gasteiger charge is 2.38. The molecule has 0 atom stereocenters. The van der Waals surface area contributed by atoms with Gasteiger partial charge in [0.1, 0.15) is 0 Å². The summed E-state index contributed by atoms with van der Waals surface area (Å²) in [5.41, 5.74) is 0.919. The fourth-order valence-corrected chi connectivity index (χ4v) is 3.39.